The molecule has 102 valence electrons. The normalized spacial score (nSPS) is 10.4. The van der Waals surface area contributed by atoms with E-state index >= 15 is 0 Å². The Bertz CT molecular complexity index is 956. The average molecular weight is 279 g/mol. The van der Waals surface area contributed by atoms with Crippen LogP contribution in [0.1, 0.15) is 5.56 Å². The molecule has 0 saturated carbocycles. The van der Waals surface area contributed by atoms with Crippen molar-refractivity contribution in [2.45, 2.75) is 0 Å². The van der Waals surface area contributed by atoms with Crippen LogP contribution in [0, 0.1) is 11.3 Å². The van der Waals surface area contributed by atoms with E-state index in [4.69, 9.17) is 15.9 Å². The lowest BCUT2D eigenvalue weighted by Crippen LogP contribution is -2.05. The van der Waals surface area contributed by atoms with Crippen LogP contribution in [0.25, 0.3) is 22.2 Å². The second-order valence-corrected chi connectivity index (χ2v) is 4.31. The SMILES string of the molecule is N#Cc1c(N)nc(N)nc1-c1ccc2oc(=O)ccc2c1. The molecule has 0 aliphatic rings. The van der Waals surface area contributed by atoms with Gasteiger partial charge in [-0.3, -0.25) is 0 Å². The molecule has 0 saturated heterocycles. The molecular weight excluding hydrogens is 270 g/mol. The fraction of sp³-hybridized carbons (Fsp3) is 0. The number of benzene rings is 1. The van der Waals surface area contributed by atoms with E-state index in [2.05, 4.69) is 9.97 Å². The highest BCUT2D eigenvalue weighted by atomic mass is 16.4. The van der Waals surface area contributed by atoms with Gasteiger partial charge in [0.25, 0.3) is 0 Å². The van der Waals surface area contributed by atoms with E-state index < -0.39 is 5.63 Å². The molecule has 0 aliphatic carbocycles. The van der Waals surface area contributed by atoms with E-state index in [1.807, 2.05) is 6.07 Å². The van der Waals surface area contributed by atoms with Gasteiger partial charge in [0.05, 0.1) is 5.69 Å². The maximum atomic E-state index is 11.2. The summed E-state index contributed by atoms with van der Waals surface area (Å²) in [4.78, 5) is 19.0. The van der Waals surface area contributed by atoms with Gasteiger partial charge in [0.2, 0.25) is 5.95 Å². The van der Waals surface area contributed by atoms with Crippen LogP contribution in [0.2, 0.25) is 0 Å². The number of nitrogens with zero attached hydrogens (tertiary/aromatic N) is 3. The van der Waals surface area contributed by atoms with Gasteiger partial charge in [0.1, 0.15) is 23.0 Å². The number of aromatic nitrogens is 2. The number of fused-ring (bicyclic) bond motifs is 1. The smallest absolute Gasteiger partial charge is 0.336 e. The Balaban J connectivity index is 2.28. The lowest BCUT2D eigenvalue weighted by atomic mass is 10.0. The van der Waals surface area contributed by atoms with Crippen molar-refractivity contribution in [3.05, 3.63) is 46.3 Å². The predicted octanol–water partition coefficient (Wildman–Crippen LogP) is 1.29. The topological polar surface area (TPSA) is 132 Å². The van der Waals surface area contributed by atoms with Gasteiger partial charge >= 0.3 is 5.63 Å². The molecule has 0 aliphatic heterocycles. The van der Waals surface area contributed by atoms with Crippen molar-refractivity contribution < 1.29 is 4.42 Å². The van der Waals surface area contributed by atoms with E-state index in [1.54, 1.807) is 24.3 Å². The molecule has 2 aromatic heterocycles. The highest BCUT2D eigenvalue weighted by Crippen LogP contribution is 2.27. The van der Waals surface area contributed by atoms with E-state index in [-0.39, 0.29) is 17.3 Å². The van der Waals surface area contributed by atoms with Crippen molar-refractivity contribution in [1.82, 2.24) is 9.97 Å². The van der Waals surface area contributed by atoms with Crippen LogP contribution >= 0.6 is 0 Å². The summed E-state index contributed by atoms with van der Waals surface area (Å²) in [5.41, 5.74) is 12.4. The van der Waals surface area contributed by atoms with E-state index in [1.165, 1.54) is 6.07 Å². The van der Waals surface area contributed by atoms with Crippen LogP contribution < -0.4 is 17.1 Å². The maximum absolute atomic E-state index is 11.2. The highest BCUT2D eigenvalue weighted by molar-refractivity contribution is 5.84. The minimum absolute atomic E-state index is 0.0128. The second kappa shape index (κ2) is 4.61. The Kier molecular flexibility index (Phi) is 2.77. The first-order valence-corrected chi connectivity index (χ1v) is 5.96. The van der Waals surface area contributed by atoms with Crippen LogP contribution in [0.5, 0.6) is 0 Å². The lowest BCUT2D eigenvalue weighted by molar-refractivity contribution is 0.561. The zero-order chi connectivity index (χ0) is 15.0. The third-order valence-corrected chi connectivity index (χ3v) is 2.96. The minimum Gasteiger partial charge on any atom is -0.423 e. The quantitative estimate of drug-likeness (QED) is 0.641. The van der Waals surface area contributed by atoms with Crippen LogP contribution in [0.4, 0.5) is 11.8 Å². The summed E-state index contributed by atoms with van der Waals surface area (Å²) in [6, 6.07) is 9.95. The molecule has 3 aromatic rings. The Hall–Kier alpha value is -3.40. The molecular formula is C14H9N5O2. The van der Waals surface area contributed by atoms with Crippen molar-refractivity contribution in [2.75, 3.05) is 11.5 Å². The van der Waals surface area contributed by atoms with Crippen LogP contribution in [0.15, 0.2) is 39.5 Å². The van der Waals surface area contributed by atoms with Gasteiger partial charge in [-0.15, -0.1) is 0 Å². The predicted molar refractivity (Wildman–Crippen MR) is 77.0 cm³/mol. The molecule has 7 heteroatoms. The number of nitrogen functional groups attached to an aromatic ring is 2. The first kappa shape index (κ1) is 12.6. The summed E-state index contributed by atoms with van der Waals surface area (Å²) in [5, 5.41) is 9.89. The molecule has 0 amide bonds. The summed E-state index contributed by atoms with van der Waals surface area (Å²) in [6.07, 6.45) is 0. The highest BCUT2D eigenvalue weighted by Gasteiger charge is 2.13. The molecule has 0 bridgehead atoms. The van der Waals surface area contributed by atoms with Gasteiger partial charge in [-0.05, 0) is 24.3 Å². The third kappa shape index (κ3) is 2.15. The lowest BCUT2D eigenvalue weighted by Gasteiger charge is -2.07. The molecule has 0 fully saturated rings. The molecule has 7 nitrogen and oxygen atoms in total. The van der Waals surface area contributed by atoms with Crippen LogP contribution in [0.3, 0.4) is 0 Å². The van der Waals surface area contributed by atoms with Crippen molar-refractivity contribution in [1.29, 1.82) is 5.26 Å². The monoisotopic (exact) mass is 279 g/mol. The molecule has 0 unspecified atom stereocenters. The summed E-state index contributed by atoms with van der Waals surface area (Å²) >= 11 is 0. The summed E-state index contributed by atoms with van der Waals surface area (Å²) in [7, 11) is 0. The molecule has 0 spiro atoms. The molecule has 21 heavy (non-hydrogen) atoms. The van der Waals surface area contributed by atoms with Gasteiger partial charge in [0, 0.05) is 17.0 Å². The molecule has 3 rings (SSSR count). The number of nitriles is 1. The second-order valence-electron chi connectivity index (χ2n) is 4.31. The number of nitrogens with two attached hydrogens (primary N) is 2. The number of rotatable bonds is 1. The number of hydrogen-bond donors (Lipinski definition) is 2. The minimum atomic E-state index is -0.427. The Labute approximate surface area is 118 Å². The molecule has 4 N–H and O–H groups in total. The van der Waals surface area contributed by atoms with Gasteiger partial charge in [0.15, 0.2) is 0 Å². The zero-order valence-corrected chi connectivity index (χ0v) is 10.7. The molecule has 1 aromatic carbocycles. The van der Waals surface area contributed by atoms with Crippen molar-refractivity contribution in [2.24, 2.45) is 0 Å². The zero-order valence-electron chi connectivity index (χ0n) is 10.7. The molecule has 2 heterocycles. The Morgan fingerprint density at radius 3 is 2.71 bits per heavy atom. The van der Waals surface area contributed by atoms with E-state index in [0.717, 1.165) is 0 Å². The maximum Gasteiger partial charge on any atom is 0.336 e. The Morgan fingerprint density at radius 1 is 1.14 bits per heavy atom. The molecule has 0 atom stereocenters. The van der Waals surface area contributed by atoms with Gasteiger partial charge in [-0.2, -0.15) is 10.2 Å². The van der Waals surface area contributed by atoms with E-state index in [9.17, 15) is 10.1 Å². The van der Waals surface area contributed by atoms with E-state index in [0.29, 0.717) is 22.2 Å². The summed E-state index contributed by atoms with van der Waals surface area (Å²) in [6.45, 7) is 0. The fourth-order valence-corrected chi connectivity index (χ4v) is 2.03. The van der Waals surface area contributed by atoms with Crippen molar-refractivity contribution in [3.8, 4) is 17.3 Å². The van der Waals surface area contributed by atoms with Crippen LogP contribution in [-0.4, -0.2) is 9.97 Å². The molecule has 0 radical (unpaired) electrons. The standard InChI is InChI=1S/C14H9N5O2/c15-6-9-12(18-14(17)19-13(9)16)8-1-3-10-7(5-8)2-4-11(20)21-10/h1-5H,(H4,16,17,18,19). The number of anilines is 2. The Morgan fingerprint density at radius 2 is 1.95 bits per heavy atom. The van der Waals surface area contributed by atoms with Gasteiger partial charge < -0.3 is 15.9 Å². The number of hydrogen-bond acceptors (Lipinski definition) is 7. The summed E-state index contributed by atoms with van der Waals surface area (Å²) in [5.74, 6) is 0.0147. The van der Waals surface area contributed by atoms with Gasteiger partial charge in [-0.1, -0.05) is 0 Å². The van der Waals surface area contributed by atoms with Crippen molar-refractivity contribution >= 4 is 22.7 Å². The first-order valence-electron chi connectivity index (χ1n) is 5.96. The first-order chi connectivity index (χ1) is 10.1. The third-order valence-electron chi connectivity index (χ3n) is 2.96. The fourth-order valence-electron chi connectivity index (χ4n) is 2.03. The largest absolute Gasteiger partial charge is 0.423 e. The average Bonchev–Trinajstić information content (AvgIpc) is 2.46. The van der Waals surface area contributed by atoms with Crippen LogP contribution in [-0.2, 0) is 0 Å². The summed E-state index contributed by atoms with van der Waals surface area (Å²) < 4.78 is 5.05. The van der Waals surface area contributed by atoms with Gasteiger partial charge in [-0.25, -0.2) is 9.78 Å². The van der Waals surface area contributed by atoms with Crippen molar-refractivity contribution in [3.63, 3.8) is 0 Å².